The molecule has 3 aromatic carbocycles. The maximum Gasteiger partial charge on any atom is 0.357 e. The summed E-state index contributed by atoms with van der Waals surface area (Å²) in [5.41, 5.74) is 1.28. The Kier molecular flexibility index (Phi) is 8.25. The molecule has 4 nitrogen and oxygen atoms in total. The van der Waals surface area contributed by atoms with E-state index in [9.17, 15) is 4.79 Å². The molecule has 0 spiro atoms. The van der Waals surface area contributed by atoms with Crippen molar-refractivity contribution in [2.45, 2.75) is 6.54 Å². The molecule has 0 radical (unpaired) electrons. The minimum Gasteiger partial charge on any atom is -0.492 e. The maximum absolute atomic E-state index is 12.5. The van der Waals surface area contributed by atoms with Crippen LogP contribution in [0.25, 0.3) is 0 Å². The molecule has 0 bridgehead atoms. The zero-order chi connectivity index (χ0) is 21.5. The fraction of sp³-hybridized carbons (Fsp3) is 0.136. The van der Waals surface area contributed by atoms with Crippen molar-refractivity contribution in [3.05, 3.63) is 97.9 Å². The van der Waals surface area contributed by atoms with Crippen LogP contribution in [0.15, 0.2) is 66.7 Å². The molecule has 30 heavy (non-hydrogen) atoms. The van der Waals surface area contributed by atoms with Crippen LogP contribution in [-0.4, -0.2) is 24.2 Å². The van der Waals surface area contributed by atoms with Crippen LogP contribution in [0.1, 0.15) is 15.9 Å². The molecule has 0 unspecified atom stereocenters. The van der Waals surface area contributed by atoms with Crippen molar-refractivity contribution in [1.82, 2.24) is 5.06 Å². The van der Waals surface area contributed by atoms with Gasteiger partial charge in [-0.2, -0.15) is 0 Å². The van der Waals surface area contributed by atoms with E-state index < -0.39 is 5.97 Å². The van der Waals surface area contributed by atoms with Gasteiger partial charge >= 0.3 is 5.97 Å². The summed E-state index contributed by atoms with van der Waals surface area (Å²) in [6.07, 6.45) is 0. The van der Waals surface area contributed by atoms with Gasteiger partial charge in [0, 0.05) is 6.07 Å². The molecule has 3 rings (SSSR count). The van der Waals surface area contributed by atoms with Gasteiger partial charge in [0.15, 0.2) is 0 Å². The Hall–Kier alpha value is -1.95. The Morgan fingerprint density at radius 1 is 0.800 bits per heavy atom. The van der Waals surface area contributed by atoms with Gasteiger partial charge in [-0.25, -0.2) is 4.79 Å². The molecule has 0 heterocycles. The van der Waals surface area contributed by atoms with Gasteiger partial charge < -0.3 is 9.57 Å². The first kappa shape index (κ1) is 22.7. The molecular weight excluding hydrogens is 468 g/mol. The Morgan fingerprint density at radius 2 is 1.47 bits per heavy atom. The summed E-state index contributed by atoms with van der Waals surface area (Å²) >= 11 is 24.0. The molecule has 0 N–H and O–H groups in total. The highest BCUT2D eigenvalue weighted by atomic mass is 35.5. The van der Waals surface area contributed by atoms with E-state index in [1.165, 1.54) is 5.06 Å². The molecule has 156 valence electrons. The molecule has 0 aromatic heterocycles. The topological polar surface area (TPSA) is 38.8 Å². The van der Waals surface area contributed by atoms with Gasteiger partial charge in [0.25, 0.3) is 0 Å². The second-order valence-corrected chi connectivity index (χ2v) is 7.91. The van der Waals surface area contributed by atoms with Crippen molar-refractivity contribution in [3.63, 3.8) is 0 Å². The summed E-state index contributed by atoms with van der Waals surface area (Å²) in [6, 6.07) is 19.0. The Labute approximate surface area is 194 Å². The molecule has 0 atom stereocenters. The SMILES string of the molecule is O=C(ON(CCOc1ccc(Cl)c(Cl)c1)Cc1ccc(Cl)c(Cl)c1)c1ccccc1. The number of hydrogen-bond donors (Lipinski definition) is 0. The third-order valence-electron chi connectivity index (χ3n) is 4.06. The predicted octanol–water partition coefficient (Wildman–Crippen LogP) is 6.95. The van der Waals surface area contributed by atoms with Crippen molar-refractivity contribution < 1.29 is 14.4 Å². The Morgan fingerprint density at radius 3 is 2.13 bits per heavy atom. The smallest absolute Gasteiger partial charge is 0.357 e. The van der Waals surface area contributed by atoms with Crippen LogP contribution in [0.5, 0.6) is 5.75 Å². The number of rotatable bonds is 8. The molecule has 0 fully saturated rings. The van der Waals surface area contributed by atoms with Crippen molar-refractivity contribution >= 4 is 52.4 Å². The Balaban J connectivity index is 1.68. The third kappa shape index (κ3) is 6.53. The van der Waals surface area contributed by atoms with Gasteiger partial charge in [-0.15, -0.1) is 5.06 Å². The summed E-state index contributed by atoms with van der Waals surface area (Å²) in [7, 11) is 0. The van der Waals surface area contributed by atoms with E-state index in [0.29, 0.717) is 44.5 Å². The van der Waals surface area contributed by atoms with Gasteiger partial charge in [-0.3, -0.25) is 0 Å². The fourth-order valence-corrected chi connectivity index (χ4v) is 3.18. The minimum atomic E-state index is -0.467. The van der Waals surface area contributed by atoms with Crippen LogP contribution in [0.3, 0.4) is 0 Å². The first-order valence-electron chi connectivity index (χ1n) is 8.96. The van der Waals surface area contributed by atoms with Crippen molar-refractivity contribution in [3.8, 4) is 5.75 Å². The van der Waals surface area contributed by atoms with Gasteiger partial charge in [0.05, 0.1) is 38.7 Å². The quantitative estimate of drug-likeness (QED) is 0.324. The number of benzene rings is 3. The number of halogens is 4. The average Bonchev–Trinajstić information content (AvgIpc) is 2.74. The monoisotopic (exact) mass is 483 g/mol. The molecule has 0 aliphatic heterocycles. The van der Waals surface area contributed by atoms with Crippen molar-refractivity contribution in [2.75, 3.05) is 13.2 Å². The summed E-state index contributed by atoms with van der Waals surface area (Å²) in [5.74, 6) is 0.0958. The molecule has 0 aliphatic carbocycles. The van der Waals surface area contributed by atoms with Crippen LogP contribution in [0.2, 0.25) is 20.1 Å². The van der Waals surface area contributed by atoms with E-state index in [4.69, 9.17) is 56.0 Å². The van der Waals surface area contributed by atoms with Crippen LogP contribution in [0, 0.1) is 0 Å². The van der Waals surface area contributed by atoms with Gasteiger partial charge in [-0.1, -0.05) is 70.7 Å². The number of hydroxylamine groups is 2. The molecule has 0 saturated carbocycles. The predicted molar refractivity (Wildman–Crippen MR) is 121 cm³/mol. The van der Waals surface area contributed by atoms with Crippen LogP contribution < -0.4 is 4.74 Å². The maximum atomic E-state index is 12.5. The van der Waals surface area contributed by atoms with E-state index in [0.717, 1.165) is 5.56 Å². The lowest BCUT2D eigenvalue weighted by Crippen LogP contribution is -2.31. The first-order valence-corrected chi connectivity index (χ1v) is 10.5. The molecule has 0 saturated heterocycles. The molecular formula is C22H17Cl4NO3. The summed E-state index contributed by atoms with van der Waals surface area (Å²) in [6.45, 7) is 0.862. The fourth-order valence-electron chi connectivity index (χ4n) is 2.57. The normalized spacial score (nSPS) is 10.8. The lowest BCUT2D eigenvalue weighted by molar-refractivity contribution is -0.121. The third-order valence-corrected chi connectivity index (χ3v) is 5.54. The Bertz CT molecular complexity index is 1010. The largest absolute Gasteiger partial charge is 0.492 e. The summed E-state index contributed by atoms with van der Waals surface area (Å²) in [4.78, 5) is 18.1. The van der Waals surface area contributed by atoms with Crippen molar-refractivity contribution in [1.29, 1.82) is 0 Å². The highest BCUT2D eigenvalue weighted by molar-refractivity contribution is 6.42. The minimum absolute atomic E-state index is 0.251. The number of carbonyl (C=O) groups excluding carboxylic acids is 1. The average molecular weight is 485 g/mol. The van der Waals surface area contributed by atoms with E-state index in [1.807, 2.05) is 12.1 Å². The van der Waals surface area contributed by atoms with Gasteiger partial charge in [0.1, 0.15) is 12.4 Å². The summed E-state index contributed by atoms with van der Waals surface area (Å²) in [5, 5.41) is 3.23. The number of nitrogens with zero attached hydrogens (tertiary/aromatic N) is 1. The van der Waals surface area contributed by atoms with Crippen LogP contribution in [-0.2, 0) is 11.4 Å². The highest BCUT2D eigenvalue weighted by Gasteiger charge is 2.15. The zero-order valence-electron chi connectivity index (χ0n) is 15.7. The standard InChI is InChI=1S/C22H17Cl4NO3/c23-18-8-6-15(12-20(18)25)14-27(30-22(28)16-4-2-1-3-5-16)10-11-29-17-7-9-19(24)21(26)13-17/h1-9,12-13H,10-11,14H2. The molecule has 0 amide bonds. The van der Waals surface area contributed by atoms with Crippen LogP contribution >= 0.6 is 46.4 Å². The number of ether oxygens (including phenoxy) is 1. The molecule has 0 aliphatic rings. The second-order valence-electron chi connectivity index (χ2n) is 6.28. The number of hydrogen-bond acceptors (Lipinski definition) is 4. The van der Waals surface area contributed by atoms with Gasteiger partial charge in [-0.05, 0) is 42.0 Å². The van der Waals surface area contributed by atoms with E-state index in [2.05, 4.69) is 0 Å². The highest BCUT2D eigenvalue weighted by Crippen LogP contribution is 2.26. The molecule has 8 heteroatoms. The second kappa shape index (κ2) is 10.9. The lowest BCUT2D eigenvalue weighted by atomic mass is 10.2. The van der Waals surface area contributed by atoms with E-state index >= 15 is 0 Å². The van der Waals surface area contributed by atoms with Gasteiger partial charge in [0.2, 0.25) is 0 Å². The zero-order valence-corrected chi connectivity index (χ0v) is 18.7. The number of carbonyl (C=O) groups is 1. The van der Waals surface area contributed by atoms with E-state index in [1.54, 1.807) is 54.6 Å². The van der Waals surface area contributed by atoms with Crippen LogP contribution in [0.4, 0.5) is 0 Å². The van der Waals surface area contributed by atoms with E-state index in [-0.39, 0.29) is 6.61 Å². The van der Waals surface area contributed by atoms with Crippen molar-refractivity contribution in [2.24, 2.45) is 0 Å². The first-order chi connectivity index (χ1) is 14.4. The summed E-state index contributed by atoms with van der Waals surface area (Å²) < 4.78 is 5.72. The lowest BCUT2D eigenvalue weighted by Gasteiger charge is -2.22. The molecule has 3 aromatic rings.